The molecule has 134 valence electrons. The van der Waals surface area contributed by atoms with Gasteiger partial charge in [-0.3, -0.25) is 4.98 Å². The molecule has 0 saturated heterocycles. The molecule has 0 unspecified atom stereocenters. The molecule has 24 heavy (non-hydrogen) atoms. The first-order chi connectivity index (χ1) is 11.2. The number of anilines is 1. The summed E-state index contributed by atoms with van der Waals surface area (Å²) >= 11 is 0. The fourth-order valence-electron chi connectivity index (χ4n) is 2.58. The number of fused-ring (bicyclic) bond motifs is 1. The Balaban J connectivity index is 0.00000288. The van der Waals surface area contributed by atoms with E-state index in [0.29, 0.717) is 0 Å². The fraction of sp³-hybridized carbons (Fsp3) is 0.526. The highest BCUT2D eigenvalue weighted by Gasteiger charge is 2.05. The molecule has 0 saturated carbocycles. The van der Waals surface area contributed by atoms with Gasteiger partial charge in [-0.15, -0.1) is 12.4 Å². The summed E-state index contributed by atoms with van der Waals surface area (Å²) in [5.41, 5.74) is 2.06. The number of benzene rings is 1. The van der Waals surface area contributed by atoms with Crippen LogP contribution in [0.4, 0.5) is 5.69 Å². The van der Waals surface area contributed by atoms with Crippen LogP contribution in [0.15, 0.2) is 30.5 Å². The van der Waals surface area contributed by atoms with Crippen molar-refractivity contribution in [3.63, 3.8) is 0 Å². The minimum atomic E-state index is 0. The average Bonchev–Trinajstić information content (AvgIpc) is 2.56. The molecule has 0 aliphatic rings. The van der Waals surface area contributed by atoms with Gasteiger partial charge in [-0.05, 0) is 44.0 Å². The molecule has 0 aliphatic heterocycles. The molecule has 0 spiro atoms. The third-order valence-corrected chi connectivity index (χ3v) is 3.81. The number of aromatic nitrogens is 1. The van der Waals surface area contributed by atoms with Crippen molar-refractivity contribution in [2.45, 2.75) is 33.1 Å². The fourth-order valence-corrected chi connectivity index (χ4v) is 2.58. The van der Waals surface area contributed by atoms with Crippen LogP contribution in [-0.2, 0) is 0 Å². The third-order valence-electron chi connectivity index (χ3n) is 3.81. The van der Waals surface area contributed by atoms with Gasteiger partial charge in [0.05, 0.1) is 18.3 Å². The highest BCUT2D eigenvalue weighted by atomic mass is 35.5. The molecular weight excluding hydrogens is 322 g/mol. The maximum absolute atomic E-state index is 5.38. The minimum absolute atomic E-state index is 0. The predicted octanol–water partition coefficient (Wildman–Crippen LogP) is 4.49. The molecule has 1 aromatic heterocycles. The summed E-state index contributed by atoms with van der Waals surface area (Å²) in [7, 11) is 1.70. The number of halogens is 1. The molecule has 2 aromatic rings. The number of unbranched alkanes of at least 4 members (excludes halogenated alkanes) is 2. The molecule has 0 bridgehead atoms. The summed E-state index contributed by atoms with van der Waals surface area (Å²) in [6, 6.07) is 8.07. The second-order valence-electron chi connectivity index (χ2n) is 6.34. The van der Waals surface area contributed by atoms with E-state index in [0.717, 1.165) is 54.3 Å². The van der Waals surface area contributed by atoms with Crippen LogP contribution in [0, 0.1) is 5.92 Å². The Hall–Kier alpha value is -1.52. The molecule has 0 aliphatic carbocycles. The Bertz CT molecular complexity index is 604. The number of nitrogens with one attached hydrogen (secondary N) is 2. The van der Waals surface area contributed by atoms with E-state index in [1.54, 1.807) is 7.11 Å². The normalized spacial score (nSPS) is 10.7. The Morgan fingerprint density at radius 1 is 1.12 bits per heavy atom. The molecule has 1 aromatic carbocycles. The zero-order valence-electron chi connectivity index (χ0n) is 15.0. The number of pyridine rings is 1. The molecule has 4 nitrogen and oxygen atoms in total. The van der Waals surface area contributed by atoms with Crippen LogP contribution < -0.4 is 15.4 Å². The van der Waals surface area contributed by atoms with Crippen molar-refractivity contribution < 1.29 is 4.74 Å². The average molecular weight is 352 g/mol. The van der Waals surface area contributed by atoms with Gasteiger partial charge in [0.25, 0.3) is 0 Å². The Morgan fingerprint density at radius 2 is 1.92 bits per heavy atom. The van der Waals surface area contributed by atoms with Gasteiger partial charge in [-0.1, -0.05) is 26.3 Å². The van der Waals surface area contributed by atoms with Gasteiger partial charge >= 0.3 is 0 Å². The van der Waals surface area contributed by atoms with Crippen molar-refractivity contribution in [1.82, 2.24) is 10.3 Å². The SMILES string of the molecule is COc1cc(NCCCCCNCC(C)C)c2ncccc2c1.Cl. The number of ether oxygens (including phenoxy) is 1. The summed E-state index contributed by atoms with van der Waals surface area (Å²) in [4.78, 5) is 4.48. The lowest BCUT2D eigenvalue weighted by Crippen LogP contribution is -2.20. The van der Waals surface area contributed by atoms with Gasteiger partial charge in [-0.2, -0.15) is 0 Å². The van der Waals surface area contributed by atoms with Gasteiger partial charge in [-0.25, -0.2) is 0 Å². The second kappa shape index (κ2) is 11.1. The molecule has 5 heteroatoms. The first-order valence-corrected chi connectivity index (χ1v) is 8.58. The number of methoxy groups -OCH3 is 1. The van der Waals surface area contributed by atoms with Crippen molar-refractivity contribution in [2.24, 2.45) is 5.92 Å². The lowest BCUT2D eigenvalue weighted by Gasteiger charge is -2.11. The zero-order chi connectivity index (χ0) is 16.5. The van der Waals surface area contributed by atoms with Gasteiger partial charge in [0.1, 0.15) is 5.75 Å². The van der Waals surface area contributed by atoms with Crippen LogP contribution in [0.1, 0.15) is 33.1 Å². The first-order valence-electron chi connectivity index (χ1n) is 8.58. The van der Waals surface area contributed by atoms with E-state index < -0.39 is 0 Å². The van der Waals surface area contributed by atoms with E-state index in [2.05, 4.69) is 35.5 Å². The van der Waals surface area contributed by atoms with Crippen LogP contribution in [0.5, 0.6) is 5.75 Å². The van der Waals surface area contributed by atoms with Crippen LogP contribution in [0.25, 0.3) is 10.9 Å². The standard InChI is InChI=1S/C19H29N3O.ClH/c1-15(2)14-20-9-5-4-6-10-21-18-13-17(23-3)12-16-8-7-11-22-19(16)18;/h7-8,11-13,15,20-21H,4-6,9-10,14H2,1-3H3;1H. The van der Waals surface area contributed by atoms with Crippen molar-refractivity contribution in [3.05, 3.63) is 30.5 Å². The highest BCUT2D eigenvalue weighted by Crippen LogP contribution is 2.27. The molecule has 0 radical (unpaired) electrons. The number of rotatable bonds is 10. The Kier molecular flexibility index (Phi) is 9.50. The van der Waals surface area contributed by atoms with Gasteiger partial charge in [0, 0.05) is 24.2 Å². The summed E-state index contributed by atoms with van der Waals surface area (Å²) in [6.45, 7) is 7.66. The number of hydrogen-bond acceptors (Lipinski definition) is 4. The second-order valence-corrected chi connectivity index (χ2v) is 6.34. The zero-order valence-corrected chi connectivity index (χ0v) is 15.8. The van der Waals surface area contributed by atoms with Gasteiger partial charge in [0.2, 0.25) is 0 Å². The van der Waals surface area contributed by atoms with Crippen LogP contribution in [0.2, 0.25) is 0 Å². The van der Waals surface area contributed by atoms with Crippen LogP contribution in [0.3, 0.4) is 0 Å². The lowest BCUT2D eigenvalue weighted by atomic mass is 10.1. The van der Waals surface area contributed by atoms with E-state index >= 15 is 0 Å². The van der Waals surface area contributed by atoms with Crippen molar-refractivity contribution in [3.8, 4) is 5.75 Å². The van der Waals surface area contributed by atoms with E-state index in [9.17, 15) is 0 Å². The van der Waals surface area contributed by atoms with Crippen molar-refractivity contribution in [2.75, 3.05) is 32.1 Å². The van der Waals surface area contributed by atoms with Crippen LogP contribution in [-0.4, -0.2) is 31.7 Å². The molecule has 0 amide bonds. The molecule has 2 rings (SSSR count). The Morgan fingerprint density at radius 3 is 2.67 bits per heavy atom. The van der Waals surface area contributed by atoms with Crippen molar-refractivity contribution >= 4 is 29.0 Å². The third kappa shape index (κ3) is 6.54. The molecule has 0 atom stereocenters. The monoisotopic (exact) mass is 351 g/mol. The Labute approximate surface area is 151 Å². The van der Waals surface area contributed by atoms with E-state index in [-0.39, 0.29) is 12.4 Å². The van der Waals surface area contributed by atoms with E-state index in [1.165, 1.54) is 12.8 Å². The summed E-state index contributed by atoms with van der Waals surface area (Å²) in [5, 5.41) is 8.10. The van der Waals surface area contributed by atoms with Gasteiger partial charge < -0.3 is 15.4 Å². The molecular formula is C19H30ClN3O. The first kappa shape index (κ1) is 20.5. The highest BCUT2D eigenvalue weighted by molar-refractivity contribution is 5.91. The summed E-state index contributed by atoms with van der Waals surface area (Å²) in [6.07, 6.45) is 5.45. The predicted molar refractivity (Wildman–Crippen MR) is 106 cm³/mol. The lowest BCUT2D eigenvalue weighted by molar-refractivity contribution is 0.415. The summed E-state index contributed by atoms with van der Waals surface area (Å²) in [5.74, 6) is 1.59. The number of nitrogens with zero attached hydrogens (tertiary/aromatic N) is 1. The maximum Gasteiger partial charge on any atom is 0.121 e. The maximum atomic E-state index is 5.38. The van der Waals surface area contributed by atoms with E-state index in [1.807, 2.05) is 24.4 Å². The van der Waals surface area contributed by atoms with Gasteiger partial charge in [0.15, 0.2) is 0 Å². The topological polar surface area (TPSA) is 46.2 Å². The largest absolute Gasteiger partial charge is 0.497 e. The molecule has 2 N–H and O–H groups in total. The quantitative estimate of drug-likeness (QED) is 0.619. The minimum Gasteiger partial charge on any atom is -0.497 e. The van der Waals surface area contributed by atoms with E-state index in [4.69, 9.17) is 4.74 Å². The smallest absolute Gasteiger partial charge is 0.121 e. The summed E-state index contributed by atoms with van der Waals surface area (Å²) < 4.78 is 5.38. The number of hydrogen-bond donors (Lipinski definition) is 2. The molecule has 0 fully saturated rings. The van der Waals surface area contributed by atoms with Crippen LogP contribution >= 0.6 is 12.4 Å². The van der Waals surface area contributed by atoms with Crippen molar-refractivity contribution in [1.29, 1.82) is 0 Å². The molecule has 1 heterocycles.